The molecule has 0 fully saturated rings. The summed E-state index contributed by atoms with van der Waals surface area (Å²) in [6, 6.07) is 11.2. The van der Waals surface area contributed by atoms with Gasteiger partial charge in [0.2, 0.25) is 0 Å². The molecule has 1 aliphatic heterocycles. The molecule has 0 bridgehead atoms. The van der Waals surface area contributed by atoms with Crippen LogP contribution in [-0.2, 0) is 6.61 Å². The van der Waals surface area contributed by atoms with E-state index in [1.807, 2.05) is 30.3 Å². The molecule has 0 atom stereocenters. The van der Waals surface area contributed by atoms with Gasteiger partial charge in [-0.05, 0) is 35.4 Å². The standard InChI is InChI=1S/C15H13ClO3/c16-13-3-1-10(9-17)7-12(13)11-2-4-14-15(8-11)19-6-5-18-14/h1-4,7-8,17H,5-6,9H2. The lowest BCUT2D eigenvalue weighted by atomic mass is 10.0. The number of rotatable bonds is 2. The zero-order valence-electron chi connectivity index (χ0n) is 10.2. The van der Waals surface area contributed by atoms with E-state index in [1.165, 1.54) is 0 Å². The fourth-order valence-electron chi connectivity index (χ4n) is 2.10. The van der Waals surface area contributed by atoms with Crippen molar-refractivity contribution in [3.63, 3.8) is 0 Å². The smallest absolute Gasteiger partial charge is 0.161 e. The van der Waals surface area contributed by atoms with E-state index in [9.17, 15) is 5.11 Å². The van der Waals surface area contributed by atoms with Gasteiger partial charge in [0.15, 0.2) is 11.5 Å². The van der Waals surface area contributed by atoms with E-state index in [0.717, 1.165) is 28.2 Å². The van der Waals surface area contributed by atoms with Gasteiger partial charge < -0.3 is 14.6 Å². The third-order valence-corrected chi connectivity index (χ3v) is 3.40. The van der Waals surface area contributed by atoms with E-state index >= 15 is 0 Å². The summed E-state index contributed by atoms with van der Waals surface area (Å²) in [6.45, 7) is 1.13. The Morgan fingerprint density at radius 1 is 1.00 bits per heavy atom. The first kappa shape index (κ1) is 12.3. The average molecular weight is 277 g/mol. The Labute approximate surface area is 116 Å². The molecule has 1 N–H and O–H groups in total. The maximum absolute atomic E-state index is 9.20. The Kier molecular flexibility index (Phi) is 3.32. The maximum atomic E-state index is 9.20. The minimum atomic E-state index is -0.00524. The van der Waals surface area contributed by atoms with Crippen LogP contribution in [0, 0.1) is 0 Å². The second-order valence-electron chi connectivity index (χ2n) is 4.33. The molecule has 3 rings (SSSR count). The number of aliphatic hydroxyl groups is 1. The van der Waals surface area contributed by atoms with Crippen molar-refractivity contribution in [2.24, 2.45) is 0 Å². The molecule has 0 saturated heterocycles. The molecule has 1 heterocycles. The van der Waals surface area contributed by atoms with Crippen LogP contribution in [0.3, 0.4) is 0 Å². The number of fused-ring (bicyclic) bond motifs is 1. The predicted octanol–water partition coefficient (Wildman–Crippen LogP) is 3.27. The van der Waals surface area contributed by atoms with E-state index in [-0.39, 0.29) is 6.61 Å². The Balaban J connectivity index is 2.06. The molecule has 0 radical (unpaired) electrons. The third kappa shape index (κ3) is 2.39. The number of benzene rings is 2. The summed E-state index contributed by atoms with van der Waals surface area (Å²) in [5.74, 6) is 1.48. The van der Waals surface area contributed by atoms with Gasteiger partial charge in [0.25, 0.3) is 0 Å². The van der Waals surface area contributed by atoms with Crippen LogP contribution in [0.2, 0.25) is 5.02 Å². The van der Waals surface area contributed by atoms with Crippen molar-refractivity contribution in [1.29, 1.82) is 0 Å². The van der Waals surface area contributed by atoms with Crippen LogP contribution in [-0.4, -0.2) is 18.3 Å². The summed E-state index contributed by atoms with van der Waals surface area (Å²) in [5, 5.41) is 9.85. The van der Waals surface area contributed by atoms with Crippen molar-refractivity contribution in [3.8, 4) is 22.6 Å². The zero-order valence-corrected chi connectivity index (χ0v) is 11.0. The monoisotopic (exact) mass is 276 g/mol. The fourth-order valence-corrected chi connectivity index (χ4v) is 2.33. The number of hydrogen-bond acceptors (Lipinski definition) is 3. The van der Waals surface area contributed by atoms with Crippen molar-refractivity contribution in [3.05, 3.63) is 47.0 Å². The minimum Gasteiger partial charge on any atom is -0.486 e. The van der Waals surface area contributed by atoms with Crippen LogP contribution >= 0.6 is 11.6 Å². The molecule has 19 heavy (non-hydrogen) atoms. The molecule has 1 aliphatic rings. The van der Waals surface area contributed by atoms with Gasteiger partial charge in [-0.2, -0.15) is 0 Å². The lowest BCUT2D eigenvalue weighted by molar-refractivity contribution is 0.171. The summed E-state index contributed by atoms with van der Waals surface area (Å²) in [6.07, 6.45) is 0. The summed E-state index contributed by atoms with van der Waals surface area (Å²) in [4.78, 5) is 0. The van der Waals surface area contributed by atoms with Crippen LogP contribution in [0.25, 0.3) is 11.1 Å². The minimum absolute atomic E-state index is 0.00524. The number of aliphatic hydroxyl groups excluding tert-OH is 1. The second kappa shape index (κ2) is 5.11. The lowest BCUT2D eigenvalue weighted by Gasteiger charge is -2.19. The van der Waals surface area contributed by atoms with E-state index in [2.05, 4.69) is 0 Å². The summed E-state index contributed by atoms with van der Waals surface area (Å²) in [5.41, 5.74) is 2.66. The van der Waals surface area contributed by atoms with Gasteiger partial charge in [-0.25, -0.2) is 0 Å². The SMILES string of the molecule is OCc1ccc(Cl)c(-c2ccc3c(c2)OCCO3)c1. The second-order valence-corrected chi connectivity index (χ2v) is 4.74. The molecule has 0 saturated carbocycles. The Morgan fingerprint density at radius 3 is 2.58 bits per heavy atom. The molecule has 98 valence electrons. The lowest BCUT2D eigenvalue weighted by Crippen LogP contribution is -2.15. The van der Waals surface area contributed by atoms with Crippen LogP contribution in [0.4, 0.5) is 0 Å². The molecule has 0 spiro atoms. The summed E-state index contributed by atoms with van der Waals surface area (Å²) >= 11 is 6.22. The van der Waals surface area contributed by atoms with Crippen LogP contribution in [0.1, 0.15) is 5.56 Å². The first-order valence-electron chi connectivity index (χ1n) is 6.07. The first-order valence-corrected chi connectivity index (χ1v) is 6.45. The summed E-state index contributed by atoms with van der Waals surface area (Å²) < 4.78 is 11.1. The van der Waals surface area contributed by atoms with Gasteiger partial charge in [-0.1, -0.05) is 23.7 Å². The van der Waals surface area contributed by atoms with Gasteiger partial charge in [-0.3, -0.25) is 0 Å². The highest BCUT2D eigenvalue weighted by atomic mass is 35.5. The Bertz CT molecular complexity index is 610. The van der Waals surface area contributed by atoms with Gasteiger partial charge in [0.1, 0.15) is 13.2 Å². The van der Waals surface area contributed by atoms with Gasteiger partial charge in [0, 0.05) is 10.6 Å². The van der Waals surface area contributed by atoms with E-state index < -0.39 is 0 Å². The maximum Gasteiger partial charge on any atom is 0.161 e. The molecular weight excluding hydrogens is 264 g/mol. The molecule has 0 aliphatic carbocycles. The summed E-state index contributed by atoms with van der Waals surface area (Å²) in [7, 11) is 0. The number of ether oxygens (including phenoxy) is 2. The Morgan fingerprint density at radius 2 is 1.79 bits per heavy atom. The number of hydrogen-bond donors (Lipinski definition) is 1. The Hall–Kier alpha value is -1.71. The highest BCUT2D eigenvalue weighted by Crippen LogP contribution is 2.37. The van der Waals surface area contributed by atoms with Crippen molar-refractivity contribution >= 4 is 11.6 Å². The van der Waals surface area contributed by atoms with Crippen molar-refractivity contribution in [1.82, 2.24) is 0 Å². The van der Waals surface area contributed by atoms with Gasteiger partial charge in [-0.15, -0.1) is 0 Å². The molecule has 4 heteroatoms. The molecule has 2 aromatic rings. The van der Waals surface area contributed by atoms with Crippen molar-refractivity contribution < 1.29 is 14.6 Å². The van der Waals surface area contributed by atoms with Crippen LogP contribution < -0.4 is 9.47 Å². The quantitative estimate of drug-likeness (QED) is 0.915. The molecule has 0 unspecified atom stereocenters. The highest BCUT2D eigenvalue weighted by molar-refractivity contribution is 6.33. The molecule has 0 aromatic heterocycles. The predicted molar refractivity (Wildman–Crippen MR) is 73.8 cm³/mol. The van der Waals surface area contributed by atoms with Gasteiger partial charge in [0.05, 0.1) is 6.61 Å². The molecule has 2 aromatic carbocycles. The van der Waals surface area contributed by atoms with Gasteiger partial charge >= 0.3 is 0 Å². The normalized spacial score (nSPS) is 13.4. The number of halogens is 1. The largest absolute Gasteiger partial charge is 0.486 e. The van der Waals surface area contributed by atoms with Crippen molar-refractivity contribution in [2.75, 3.05) is 13.2 Å². The zero-order chi connectivity index (χ0) is 13.2. The van der Waals surface area contributed by atoms with Crippen LogP contribution in [0.15, 0.2) is 36.4 Å². The highest BCUT2D eigenvalue weighted by Gasteiger charge is 2.13. The first-order chi connectivity index (χ1) is 9.28. The molecule has 3 nitrogen and oxygen atoms in total. The van der Waals surface area contributed by atoms with Crippen LogP contribution in [0.5, 0.6) is 11.5 Å². The van der Waals surface area contributed by atoms with E-state index in [0.29, 0.717) is 18.2 Å². The van der Waals surface area contributed by atoms with E-state index in [1.54, 1.807) is 6.07 Å². The molecule has 0 amide bonds. The molecular formula is C15H13ClO3. The third-order valence-electron chi connectivity index (χ3n) is 3.07. The van der Waals surface area contributed by atoms with Crippen molar-refractivity contribution in [2.45, 2.75) is 6.61 Å². The average Bonchev–Trinajstić information content (AvgIpc) is 2.47. The fraction of sp³-hybridized carbons (Fsp3) is 0.200. The van der Waals surface area contributed by atoms with E-state index in [4.69, 9.17) is 21.1 Å². The topological polar surface area (TPSA) is 38.7 Å².